The zero-order valence-corrected chi connectivity index (χ0v) is 20.3. The summed E-state index contributed by atoms with van der Waals surface area (Å²) >= 11 is 1.87. The van der Waals surface area contributed by atoms with Gasteiger partial charge in [0.05, 0.1) is 11.0 Å². The molecule has 2 heterocycles. The zero-order chi connectivity index (χ0) is 23.6. The summed E-state index contributed by atoms with van der Waals surface area (Å²) in [6, 6.07) is 44.2. The van der Waals surface area contributed by atoms with Crippen LogP contribution in [0, 0.1) is 0 Å². The number of para-hydroxylation sites is 1. The van der Waals surface area contributed by atoms with Gasteiger partial charge in [-0.05, 0) is 40.3 Å². The van der Waals surface area contributed by atoms with Crippen LogP contribution < -0.4 is 0 Å². The van der Waals surface area contributed by atoms with E-state index in [-0.39, 0.29) is 0 Å². The molecule has 0 atom stereocenters. The van der Waals surface area contributed by atoms with Gasteiger partial charge in [0.2, 0.25) is 0 Å². The molecule has 1 nitrogen and oxygen atoms in total. The van der Waals surface area contributed by atoms with Gasteiger partial charge in [-0.25, -0.2) is 0 Å². The average Bonchev–Trinajstić information content (AvgIpc) is 3.51. The van der Waals surface area contributed by atoms with Crippen LogP contribution in [-0.2, 0) is 0 Å². The van der Waals surface area contributed by atoms with Crippen molar-refractivity contribution in [1.82, 2.24) is 4.98 Å². The molecule has 2 heteroatoms. The number of nitrogens with one attached hydrogen (secondary N) is 1. The molecule has 0 bridgehead atoms. The minimum atomic E-state index is 1.20. The average molecular weight is 476 g/mol. The fraction of sp³-hybridized carbons (Fsp3) is 0. The van der Waals surface area contributed by atoms with E-state index < -0.39 is 0 Å². The summed E-state index contributed by atoms with van der Waals surface area (Å²) in [5.74, 6) is 0. The minimum Gasteiger partial charge on any atom is -0.353 e. The first-order valence-corrected chi connectivity index (χ1v) is 13.1. The second-order valence-electron chi connectivity index (χ2n) is 9.45. The maximum Gasteiger partial charge on any atom is 0.0544 e. The predicted molar refractivity (Wildman–Crippen MR) is 157 cm³/mol. The lowest BCUT2D eigenvalue weighted by molar-refractivity contribution is 1.54. The van der Waals surface area contributed by atoms with Crippen molar-refractivity contribution in [3.8, 4) is 22.3 Å². The highest BCUT2D eigenvalue weighted by Crippen LogP contribution is 2.39. The highest BCUT2D eigenvalue weighted by atomic mass is 32.1. The van der Waals surface area contributed by atoms with Crippen molar-refractivity contribution in [1.29, 1.82) is 0 Å². The molecule has 0 aliphatic heterocycles. The molecule has 6 aromatic carbocycles. The predicted octanol–water partition coefficient (Wildman–Crippen LogP) is 10.2. The number of rotatable bonds is 2. The van der Waals surface area contributed by atoms with E-state index in [4.69, 9.17) is 0 Å². The Hall–Kier alpha value is -4.40. The third-order valence-electron chi connectivity index (χ3n) is 7.42. The normalized spacial score (nSPS) is 11.9. The summed E-state index contributed by atoms with van der Waals surface area (Å²) in [6.07, 6.45) is 0. The highest BCUT2D eigenvalue weighted by Gasteiger charge is 2.13. The Morgan fingerprint density at radius 3 is 2.08 bits per heavy atom. The number of hydrogen-bond acceptors (Lipinski definition) is 1. The van der Waals surface area contributed by atoms with E-state index in [9.17, 15) is 0 Å². The van der Waals surface area contributed by atoms with E-state index in [1.54, 1.807) is 0 Å². The van der Waals surface area contributed by atoms with Gasteiger partial charge in [-0.15, -0.1) is 11.3 Å². The van der Waals surface area contributed by atoms with E-state index >= 15 is 0 Å². The van der Waals surface area contributed by atoms with E-state index in [0.29, 0.717) is 0 Å². The Balaban J connectivity index is 1.31. The first kappa shape index (κ1) is 19.9. The Labute approximate surface area is 212 Å². The Kier molecular flexibility index (Phi) is 4.16. The largest absolute Gasteiger partial charge is 0.353 e. The zero-order valence-electron chi connectivity index (χ0n) is 19.5. The van der Waals surface area contributed by atoms with Gasteiger partial charge in [0, 0.05) is 41.9 Å². The van der Waals surface area contributed by atoms with Crippen LogP contribution in [0.25, 0.3) is 75.0 Å². The summed E-state index contributed by atoms with van der Waals surface area (Å²) in [6.45, 7) is 0. The molecule has 0 amide bonds. The highest BCUT2D eigenvalue weighted by molar-refractivity contribution is 7.25. The van der Waals surface area contributed by atoms with E-state index in [0.717, 1.165) is 0 Å². The van der Waals surface area contributed by atoms with Crippen LogP contribution >= 0.6 is 11.3 Å². The van der Waals surface area contributed by atoms with Crippen LogP contribution in [0.15, 0.2) is 121 Å². The van der Waals surface area contributed by atoms with E-state index in [2.05, 4.69) is 126 Å². The van der Waals surface area contributed by atoms with Crippen molar-refractivity contribution in [3.63, 3.8) is 0 Å². The maximum absolute atomic E-state index is 3.79. The third kappa shape index (κ3) is 2.89. The molecule has 0 saturated heterocycles. The fourth-order valence-electron chi connectivity index (χ4n) is 5.68. The van der Waals surface area contributed by atoms with Crippen LogP contribution in [-0.4, -0.2) is 4.98 Å². The first-order valence-electron chi connectivity index (χ1n) is 12.3. The van der Waals surface area contributed by atoms with Crippen molar-refractivity contribution in [2.24, 2.45) is 0 Å². The van der Waals surface area contributed by atoms with Crippen LogP contribution in [0.3, 0.4) is 0 Å². The molecule has 2 aromatic heterocycles. The molecule has 0 radical (unpaired) electrons. The maximum atomic E-state index is 3.79. The van der Waals surface area contributed by atoms with Gasteiger partial charge in [0.25, 0.3) is 0 Å². The Morgan fingerprint density at radius 2 is 1.11 bits per heavy atom. The van der Waals surface area contributed by atoms with Gasteiger partial charge < -0.3 is 4.98 Å². The van der Waals surface area contributed by atoms with Crippen molar-refractivity contribution < 1.29 is 0 Å². The topological polar surface area (TPSA) is 15.8 Å². The number of fused-ring (bicyclic) bond motifs is 8. The fourth-order valence-corrected chi connectivity index (χ4v) is 6.82. The number of hydrogen-bond donors (Lipinski definition) is 1. The van der Waals surface area contributed by atoms with Crippen molar-refractivity contribution in [3.05, 3.63) is 121 Å². The monoisotopic (exact) mass is 475 g/mol. The van der Waals surface area contributed by atoms with Crippen molar-refractivity contribution in [2.75, 3.05) is 0 Å². The summed E-state index contributed by atoms with van der Waals surface area (Å²) in [5, 5.41) is 7.75. The minimum absolute atomic E-state index is 1.20. The molecule has 8 rings (SSSR count). The standard InChI is InChI=1S/C34H21NS/c1-2-10-25-21(7-1)15-18-30-29-13-6-12-26(34(29)35-33(25)30)24-9-5-8-22(19-24)23-16-17-28-27-11-3-4-14-31(27)36-32(28)20-23/h1-20,35H. The quantitative estimate of drug-likeness (QED) is 0.256. The molecule has 0 spiro atoms. The number of benzene rings is 6. The molecule has 1 N–H and O–H groups in total. The Morgan fingerprint density at radius 1 is 0.417 bits per heavy atom. The van der Waals surface area contributed by atoms with Crippen LogP contribution in [0.1, 0.15) is 0 Å². The van der Waals surface area contributed by atoms with E-state index in [1.165, 1.54) is 75.0 Å². The molecule has 0 unspecified atom stereocenters. The first-order chi connectivity index (χ1) is 17.8. The lowest BCUT2D eigenvalue weighted by atomic mass is 9.97. The molecule has 168 valence electrons. The van der Waals surface area contributed by atoms with Crippen LogP contribution in [0.4, 0.5) is 0 Å². The Bertz CT molecular complexity index is 2110. The summed E-state index contributed by atoms with van der Waals surface area (Å²) in [7, 11) is 0. The summed E-state index contributed by atoms with van der Waals surface area (Å²) in [5.41, 5.74) is 7.36. The number of aromatic nitrogens is 1. The molecule has 8 aromatic rings. The van der Waals surface area contributed by atoms with Gasteiger partial charge in [-0.3, -0.25) is 0 Å². The lowest BCUT2D eigenvalue weighted by Crippen LogP contribution is -1.83. The van der Waals surface area contributed by atoms with Gasteiger partial charge in [-0.1, -0.05) is 103 Å². The second kappa shape index (κ2) is 7.55. The summed E-state index contributed by atoms with van der Waals surface area (Å²) in [4.78, 5) is 3.79. The third-order valence-corrected chi connectivity index (χ3v) is 8.55. The molecule has 0 fully saturated rings. The molecular weight excluding hydrogens is 454 g/mol. The van der Waals surface area contributed by atoms with Gasteiger partial charge in [0.1, 0.15) is 0 Å². The van der Waals surface area contributed by atoms with E-state index in [1.807, 2.05) is 11.3 Å². The lowest BCUT2D eigenvalue weighted by Gasteiger charge is -2.08. The van der Waals surface area contributed by atoms with Crippen molar-refractivity contribution >= 4 is 64.1 Å². The molecule has 0 aliphatic rings. The molecule has 0 saturated carbocycles. The van der Waals surface area contributed by atoms with Crippen molar-refractivity contribution in [2.45, 2.75) is 0 Å². The van der Waals surface area contributed by atoms with Crippen LogP contribution in [0.5, 0.6) is 0 Å². The van der Waals surface area contributed by atoms with Gasteiger partial charge >= 0.3 is 0 Å². The SMILES string of the molecule is c1cc(-c2ccc3c(c2)sc2ccccc23)cc(-c2cccc3c2[nH]c2c4ccccc4ccc32)c1. The molecule has 0 aliphatic carbocycles. The number of H-pyrrole nitrogens is 1. The van der Waals surface area contributed by atoms with Gasteiger partial charge in [0.15, 0.2) is 0 Å². The molecular formula is C34H21NS. The second-order valence-corrected chi connectivity index (χ2v) is 10.5. The number of thiophene rings is 1. The number of aromatic amines is 1. The summed E-state index contributed by atoms with van der Waals surface area (Å²) < 4.78 is 2.68. The van der Waals surface area contributed by atoms with Gasteiger partial charge in [-0.2, -0.15) is 0 Å². The molecule has 36 heavy (non-hydrogen) atoms. The van der Waals surface area contributed by atoms with Crippen LogP contribution in [0.2, 0.25) is 0 Å². The smallest absolute Gasteiger partial charge is 0.0544 e.